The number of carbonyl (C=O) groups is 1. The molecule has 0 saturated carbocycles. The molecule has 2 aromatic rings. The van der Waals surface area contributed by atoms with Gasteiger partial charge < -0.3 is 15.2 Å². The summed E-state index contributed by atoms with van der Waals surface area (Å²) in [4.78, 5) is 10.9. The highest BCUT2D eigenvalue weighted by Gasteiger charge is 2.08. The van der Waals surface area contributed by atoms with Crippen molar-refractivity contribution in [2.75, 3.05) is 12.4 Å². The third-order valence-corrected chi connectivity index (χ3v) is 2.85. The fourth-order valence-electron chi connectivity index (χ4n) is 1.77. The molecule has 0 radical (unpaired) electrons. The maximum atomic E-state index is 13.6. The SMILES string of the molecule is COc1cccc(NCc2cc(C(=O)O)ccc2F)c1. The molecule has 0 aromatic heterocycles. The van der Waals surface area contributed by atoms with Gasteiger partial charge in [-0.15, -0.1) is 0 Å². The first kappa shape index (κ1) is 13.9. The molecule has 2 N–H and O–H groups in total. The van der Waals surface area contributed by atoms with Crippen molar-refractivity contribution in [3.63, 3.8) is 0 Å². The molecule has 104 valence electrons. The summed E-state index contributed by atoms with van der Waals surface area (Å²) < 4.78 is 18.7. The lowest BCUT2D eigenvalue weighted by molar-refractivity contribution is 0.0696. The molecular weight excluding hydrogens is 261 g/mol. The first-order valence-electron chi connectivity index (χ1n) is 6.00. The Morgan fingerprint density at radius 1 is 1.30 bits per heavy atom. The first-order chi connectivity index (χ1) is 9.60. The smallest absolute Gasteiger partial charge is 0.335 e. The topological polar surface area (TPSA) is 58.6 Å². The van der Waals surface area contributed by atoms with Crippen molar-refractivity contribution in [3.05, 3.63) is 59.4 Å². The minimum absolute atomic E-state index is 0.0637. The number of halogens is 1. The van der Waals surface area contributed by atoms with Crippen LogP contribution in [0.2, 0.25) is 0 Å². The lowest BCUT2D eigenvalue weighted by Crippen LogP contribution is -2.05. The monoisotopic (exact) mass is 275 g/mol. The molecular formula is C15H14FNO3. The minimum Gasteiger partial charge on any atom is -0.497 e. The van der Waals surface area contributed by atoms with Crippen LogP contribution in [0.5, 0.6) is 5.75 Å². The van der Waals surface area contributed by atoms with E-state index >= 15 is 0 Å². The zero-order chi connectivity index (χ0) is 14.5. The summed E-state index contributed by atoms with van der Waals surface area (Å²) in [7, 11) is 1.56. The number of nitrogens with one attached hydrogen (secondary N) is 1. The molecule has 2 rings (SSSR count). The number of rotatable bonds is 5. The van der Waals surface area contributed by atoms with E-state index in [4.69, 9.17) is 9.84 Å². The lowest BCUT2D eigenvalue weighted by atomic mass is 10.1. The second-order valence-corrected chi connectivity index (χ2v) is 4.20. The van der Waals surface area contributed by atoms with E-state index in [1.54, 1.807) is 19.2 Å². The van der Waals surface area contributed by atoms with E-state index < -0.39 is 11.8 Å². The minimum atomic E-state index is -1.08. The third-order valence-electron chi connectivity index (χ3n) is 2.85. The Kier molecular flexibility index (Phi) is 4.20. The molecule has 0 bridgehead atoms. The van der Waals surface area contributed by atoms with Crippen LogP contribution in [-0.2, 0) is 6.54 Å². The number of benzene rings is 2. The summed E-state index contributed by atoms with van der Waals surface area (Å²) in [5.74, 6) is -0.826. The van der Waals surface area contributed by atoms with Crippen molar-refractivity contribution < 1.29 is 19.0 Å². The Labute approximate surface area is 115 Å². The Morgan fingerprint density at radius 3 is 2.80 bits per heavy atom. The van der Waals surface area contributed by atoms with Gasteiger partial charge in [0.25, 0.3) is 0 Å². The van der Waals surface area contributed by atoms with Crippen molar-refractivity contribution in [1.82, 2.24) is 0 Å². The first-order valence-corrected chi connectivity index (χ1v) is 6.00. The fourth-order valence-corrected chi connectivity index (χ4v) is 1.77. The Balaban J connectivity index is 2.13. The van der Waals surface area contributed by atoms with Gasteiger partial charge in [0.1, 0.15) is 11.6 Å². The Bertz CT molecular complexity index is 628. The number of methoxy groups -OCH3 is 1. The largest absolute Gasteiger partial charge is 0.497 e. The van der Waals surface area contributed by atoms with Crippen molar-refractivity contribution >= 4 is 11.7 Å². The molecule has 0 saturated heterocycles. The molecule has 0 aliphatic rings. The van der Waals surface area contributed by atoms with E-state index in [-0.39, 0.29) is 12.1 Å². The summed E-state index contributed by atoms with van der Waals surface area (Å²) >= 11 is 0. The fraction of sp³-hybridized carbons (Fsp3) is 0.133. The van der Waals surface area contributed by atoms with Crippen LogP contribution < -0.4 is 10.1 Å². The number of anilines is 1. The standard InChI is InChI=1S/C15H14FNO3/c1-20-13-4-2-3-12(8-13)17-9-11-7-10(15(18)19)5-6-14(11)16/h2-8,17H,9H2,1H3,(H,18,19). The third kappa shape index (κ3) is 3.26. The van der Waals surface area contributed by atoms with E-state index in [1.807, 2.05) is 12.1 Å². The van der Waals surface area contributed by atoms with Gasteiger partial charge in [0.15, 0.2) is 0 Å². The average molecular weight is 275 g/mol. The van der Waals surface area contributed by atoms with Crippen LogP contribution in [0.25, 0.3) is 0 Å². The molecule has 0 atom stereocenters. The van der Waals surface area contributed by atoms with Gasteiger partial charge in [-0.25, -0.2) is 9.18 Å². The molecule has 0 amide bonds. The molecule has 0 spiro atoms. The highest BCUT2D eigenvalue weighted by molar-refractivity contribution is 5.87. The number of hydrogen-bond donors (Lipinski definition) is 2. The highest BCUT2D eigenvalue weighted by Crippen LogP contribution is 2.18. The van der Waals surface area contributed by atoms with E-state index in [0.717, 1.165) is 11.8 Å². The number of hydrogen-bond acceptors (Lipinski definition) is 3. The van der Waals surface area contributed by atoms with Crippen LogP contribution in [-0.4, -0.2) is 18.2 Å². The number of carboxylic acids is 1. The van der Waals surface area contributed by atoms with Crippen LogP contribution >= 0.6 is 0 Å². The van der Waals surface area contributed by atoms with Gasteiger partial charge in [0.2, 0.25) is 0 Å². The van der Waals surface area contributed by atoms with Gasteiger partial charge in [0.05, 0.1) is 12.7 Å². The van der Waals surface area contributed by atoms with Gasteiger partial charge in [0, 0.05) is 23.9 Å². The zero-order valence-corrected chi connectivity index (χ0v) is 10.9. The highest BCUT2D eigenvalue weighted by atomic mass is 19.1. The maximum absolute atomic E-state index is 13.6. The Hall–Kier alpha value is -2.56. The van der Waals surface area contributed by atoms with Crippen molar-refractivity contribution in [2.24, 2.45) is 0 Å². The lowest BCUT2D eigenvalue weighted by Gasteiger charge is -2.09. The van der Waals surface area contributed by atoms with E-state index in [9.17, 15) is 9.18 Å². The normalized spacial score (nSPS) is 10.1. The summed E-state index contributed by atoms with van der Waals surface area (Å²) in [6, 6.07) is 10.9. The Morgan fingerprint density at radius 2 is 2.10 bits per heavy atom. The van der Waals surface area contributed by atoms with E-state index in [1.165, 1.54) is 12.1 Å². The average Bonchev–Trinajstić information content (AvgIpc) is 2.46. The van der Waals surface area contributed by atoms with Crippen LogP contribution in [0.15, 0.2) is 42.5 Å². The summed E-state index contributed by atoms with van der Waals surface area (Å²) in [6.07, 6.45) is 0. The molecule has 0 unspecified atom stereocenters. The van der Waals surface area contributed by atoms with E-state index in [0.29, 0.717) is 11.3 Å². The molecule has 4 nitrogen and oxygen atoms in total. The van der Waals surface area contributed by atoms with Gasteiger partial charge >= 0.3 is 5.97 Å². The summed E-state index contributed by atoms with van der Waals surface area (Å²) in [5, 5.41) is 11.9. The van der Waals surface area contributed by atoms with Crippen LogP contribution in [0.4, 0.5) is 10.1 Å². The molecule has 0 aliphatic carbocycles. The van der Waals surface area contributed by atoms with Crippen molar-refractivity contribution in [1.29, 1.82) is 0 Å². The number of ether oxygens (including phenoxy) is 1. The van der Waals surface area contributed by atoms with Crippen molar-refractivity contribution in [2.45, 2.75) is 6.54 Å². The molecule has 0 aliphatic heterocycles. The number of carboxylic acid groups (broad SMARTS) is 1. The second kappa shape index (κ2) is 6.06. The molecule has 20 heavy (non-hydrogen) atoms. The van der Waals surface area contributed by atoms with Crippen LogP contribution in [0.1, 0.15) is 15.9 Å². The van der Waals surface area contributed by atoms with Gasteiger partial charge in [-0.2, -0.15) is 0 Å². The number of aromatic carboxylic acids is 1. The van der Waals surface area contributed by atoms with Crippen LogP contribution in [0.3, 0.4) is 0 Å². The predicted molar refractivity (Wildman–Crippen MR) is 73.7 cm³/mol. The van der Waals surface area contributed by atoms with Gasteiger partial charge in [-0.1, -0.05) is 6.07 Å². The molecule has 0 heterocycles. The zero-order valence-electron chi connectivity index (χ0n) is 10.9. The second-order valence-electron chi connectivity index (χ2n) is 4.20. The van der Waals surface area contributed by atoms with Crippen LogP contribution in [0, 0.1) is 5.82 Å². The van der Waals surface area contributed by atoms with Gasteiger partial charge in [-0.3, -0.25) is 0 Å². The molecule has 0 fully saturated rings. The summed E-state index contributed by atoms with van der Waals surface area (Å²) in [5.41, 5.74) is 1.13. The maximum Gasteiger partial charge on any atom is 0.335 e. The van der Waals surface area contributed by atoms with E-state index in [2.05, 4.69) is 5.32 Å². The molecule has 5 heteroatoms. The van der Waals surface area contributed by atoms with Crippen molar-refractivity contribution in [3.8, 4) is 5.75 Å². The summed E-state index contributed by atoms with van der Waals surface area (Å²) in [6.45, 7) is 0.195. The predicted octanol–water partition coefficient (Wildman–Crippen LogP) is 3.14. The van der Waals surface area contributed by atoms with Gasteiger partial charge in [-0.05, 0) is 30.3 Å². The molecule has 2 aromatic carbocycles. The quantitative estimate of drug-likeness (QED) is 0.880.